The van der Waals surface area contributed by atoms with Crippen molar-refractivity contribution < 1.29 is 17.6 Å². The summed E-state index contributed by atoms with van der Waals surface area (Å²) < 4.78 is 42.0. The first-order chi connectivity index (χ1) is 17.6. The summed E-state index contributed by atoms with van der Waals surface area (Å²) in [5, 5.41) is 3.56. The molecule has 2 atom stereocenters. The standard InChI is InChI=1S/C28H30ClFN2O3S2/c1-19-15-20(2)18-32(17-19)37(34,35)25-11-12-27(36-24-9-7-23(30)8-10-24)26(16-25)28(33)31-14-13-21-3-5-22(29)6-4-21/h3-12,16,19-20H,13-15,17-18H2,1-2H3,(H,31,33). The lowest BCUT2D eigenvalue weighted by molar-refractivity contribution is 0.0951. The van der Waals surface area contributed by atoms with Crippen LogP contribution in [0.4, 0.5) is 4.39 Å². The first-order valence-corrected chi connectivity index (χ1v) is 14.9. The van der Waals surface area contributed by atoms with Gasteiger partial charge in [0.05, 0.1) is 10.5 Å². The Morgan fingerprint density at radius 1 is 1.03 bits per heavy atom. The molecule has 0 saturated carbocycles. The van der Waals surface area contributed by atoms with Gasteiger partial charge in [0.2, 0.25) is 10.0 Å². The van der Waals surface area contributed by atoms with E-state index in [4.69, 9.17) is 11.6 Å². The fraction of sp³-hybridized carbons (Fsp3) is 0.321. The van der Waals surface area contributed by atoms with Gasteiger partial charge < -0.3 is 5.32 Å². The molecular formula is C28H30ClFN2O3S2. The number of hydrogen-bond donors (Lipinski definition) is 1. The van der Waals surface area contributed by atoms with Crippen LogP contribution >= 0.6 is 23.4 Å². The summed E-state index contributed by atoms with van der Waals surface area (Å²) in [5.41, 5.74) is 1.29. The molecule has 37 heavy (non-hydrogen) atoms. The number of amides is 1. The molecule has 3 aromatic rings. The van der Waals surface area contributed by atoms with E-state index in [1.165, 1.54) is 34.3 Å². The maximum absolute atomic E-state index is 13.5. The van der Waals surface area contributed by atoms with Crippen molar-refractivity contribution >= 4 is 39.3 Å². The van der Waals surface area contributed by atoms with Gasteiger partial charge in [0.15, 0.2) is 0 Å². The number of carbonyl (C=O) groups is 1. The van der Waals surface area contributed by atoms with E-state index >= 15 is 0 Å². The van der Waals surface area contributed by atoms with Crippen LogP contribution in [0.5, 0.6) is 0 Å². The Hall–Kier alpha value is -2.39. The van der Waals surface area contributed by atoms with E-state index in [1.807, 2.05) is 12.1 Å². The fourth-order valence-corrected chi connectivity index (χ4v) is 7.34. The molecule has 1 aliphatic heterocycles. The third-order valence-corrected chi connectivity index (χ3v) is 9.49. The van der Waals surface area contributed by atoms with E-state index in [2.05, 4.69) is 19.2 Å². The molecule has 2 unspecified atom stereocenters. The number of piperidine rings is 1. The summed E-state index contributed by atoms with van der Waals surface area (Å²) in [6.07, 6.45) is 1.59. The van der Waals surface area contributed by atoms with E-state index in [1.54, 1.807) is 36.4 Å². The predicted molar refractivity (Wildman–Crippen MR) is 146 cm³/mol. The van der Waals surface area contributed by atoms with Crippen molar-refractivity contribution in [3.05, 3.63) is 88.7 Å². The van der Waals surface area contributed by atoms with Crippen LogP contribution in [0.25, 0.3) is 0 Å². The van der Waals surface area contributed by atoms with Gasteiger partial charge in [-0.3, -0.25) is 4.79 Å². The smallest absolute Gasteiger partial charge is 0.252 e. The molecule has 9 heteroatoms. The zero-order chi connectivity index (χ0) is 26.6. The third-order valence-electron chi connectivity index (χ3n) is 6.32. The highest BCUT2D eigenvalue weighted by Gasteiger charge is 2.32. The molecule has 1 fully saturated rings. The maximum Gasteiger partial charge on any atom is 0.252 e. The monoisotopic (exact) mass is 560 g/mol. The Bertz CT molecular complexity index is 1340. The normalized spacial score (nSPS) is 18.5. The van der Waals surface area contributed by atoms with Crippen LogP contribution in [-0.4, -0.2) is 38.3 Å². The van der Waals surface area contributed by atoms with Crippen LogP contribution in [0.1, 0.15) is 36.2 Å². The fourth-order valence-electron chi connectivity index (χ4n) is 4.58. The zero-order valence-corrected chi connectivity index (χ0v) is 23.2. The summed E-state index contributed by atoms with van der Waals surface area (Å²) >= 11 is 7.23. The first kappa shape index (κ1) is 27.6. The molecule has 0 radical (unpaired) electrons. The van der Waals surface area contributed by atoms with Crippen LogP contribution in [-0.2, 0) is 16.4 Å². The lowest BCUT2D eigenvalue weighted by atomic mass is 9.94. The molecule has 1 saturated heterocycles. The molecule has 1 heterocycles. The number of nitrogens with zero attached hydrogens (tertiary/aromatic N) is 1. The van der Waals surface area contributed by atoms with Crippen LogP contribution < -0.4 is 5.32 Å². The Kier molecular flexibility index (Phi) is 8.95. The quantitative estimate of drug-likeness (QED) is 0.353. The second-order valence-corrected chi connectivity index (χ2v) is 13.1. The van der Waals surface area contributed by atoms with Gasteiger partial charge in [0.25, 0.3) is 5.91 Å². The molecule has 0 spiro atoms. The van der Waals surface area contributed by atoms with E-state index in [0.29, 0.717) is 36.0 Å². The van der Waals surface area contributed by atoms with Crippen LogP contribution in [0.15, 0.2) is 81.4 Å². The Morgan fingerprint density at radius 3 is 2.32 bits per heavy atom. The van der Waals surface area contributed by atoms with Gasteiger partial charge in [-0.15, -0.1) is 0 Å². The average Bonchev–Trinajstić information content (AvgIpc) is 2.86. The minimum Gasteiger partial charge on any atom is -0.352 e. The zero-order valence-electron chi connectivity index (χ0n) is 20.8. The molecule has 196 valence electrons. The number of sulfonamides is 1. The molecule has 5 nitrogen and oxygen atoms in total. The Labute approximate surface area is 227 Å². The van der Waals surface area contributed by atoms with Gasteiger partial charge in [-0.05, 0) is 84.8 Å². The van der Waals surface area contributed by atoms with Crippen molar-refractivity contribution in [1.29, 1.82) is 0 Å². The topological polar surface area (TPSA) is 66.5 Å². The molecule has 1 N–H and O–H groups in total. The second-order valence-electron chi connectivity index (χ2n) is 9.61. The predicted octanol–water partition coefficient (Wildman–Crippen LogP) is 6.27. The van der Waals surface area contributed by atoms with E-state index in [9.17, 15) is 17.6 Å². The van der Waals surface area contributed by atoms with E-state index < -0.39 is 10.0 Å². The van der Waals surface area contributed by atoms with Crippen molar-refractivity contribution in [3.8, 4) is 0 Å². The third kappa shape index (κ3) is 7.13. The number of benzene rings is 3. The van der Waals surface area contributed by atoms with Gasteiger partial charge in [-0.2, -0.15) is 4.31 Å². The van der Waals surface area contributed by atoms with Gasteiger partial charge in [-0.1, -0.05) is 49.3 Å². The van der Waals surface area contributed by atoms with Gasteiger partial charge in [0, 0.05) is 34.4 Å². The molecule has 1 aliphatic rings. The lowest BCUT2D eigenvalue weighted by Crippen LogP contribution is -2.42. The summed E-state index contributed by atoms with van der Waals surface area (Å²) in [6, 6.07) is 18.0. The first-order valence-electron chi connectivity index (χ1n) is 12.2. The van der Waals surface area contributed by atoms with Crippen LogP contribution in [0.2, 0.25) is 5.02 Å². The van der Waals surface area contributed by atoms with Crippen molar-refractivity contribution in [2.24, 2.45) is 11.8 Å². The van der Waals surface area contributed by atoms with Gasteiger partial charge in [-0.25, -0.2) is 12.8 Å². The van der Waals surface area contributed by atoms with Crippen molar-refractivity contribution in [3.63, 3.8) is 0 Å². The second kappa shape index (κ2) is 12.0. The molecule has 0 bridgehead atoms. The maximum atomic E-state index is 13.5. The van der Waals surface area contributed by atoms with E-state index in [-0.39, 0.29) is 34.0 Å². The largest absolute Gasteiger partial charge is 0.352 e. The number of nitrogens with one attached hydrogen (secondary N) is 1. The molecule has 0 aliphatic carbocycles. The van der Waals surface area contributed by atoms with Crippen LogP contribution in [0.3, 0.4) is 0 Å². The molecule has 3 aromatic carbocycles. The highest BCUT2D eigenvalue weighted by atomic mass is 35.5. The highest BCUT2D eigenvalue weighted by molar-refractivity contribution is 7.99. The molecule has 4 rings (SSSR count). The Morgan fingerprint density at radius 2 is 1.68 bits per heavy atom. The molecular weight excluding hydrogens is 531 g/mol. The van der Waals surface area contributed by atoms with Crippen LogP contribution in [0, 0.1) is 17.7 Å². The summed E-state index contributed by atoms with van der Waals surface area (Å²) in [4.78, 5) is 14.7. The summed E-state index contributed by atoms with van der Waals surface area (Å²) in [7, 11) is -3.76. The number of halogens is 2. The Balaban J connectivity index is 1.60. The van der Waals surface area contributed by atoms with Crippen molar-refractivity contribution in [2.75, 3.05) is 19.6 Å². The highest BCUT2D eigenvalue weighted by Crippen LogP contribution is 2.34. The van der Waals surface area contributed by atoms with Crippen molar-refractivity contribution in [1.82, 2.24) is 9.62 Å². The van der Waals surface area contributed by atoms with Gasteiger partial charge >= 0.3 is 0 Å². The minimum atomic E-state index is -3.76. The SMILES string of the molecule is CC1CC(C)CN(S(=O)(=O)c2ccc(Sc3ccc(F)cc3)c(C(=O)NCCc3ccc(Cl)cc3)c2)C1. The average molecular weight is 561 g/mol. The number of hydrogen-bond acceptors (Lipinski definition) is 4. The summed E-state index contributed by atoms with van der Waals surface area (Å²) in [6.45, 7) is 5.41. The van der Waals surface area contributed by atoms with Gasteiger partial charge in [0.1, 0.15) is 5.82 Å². The molecule has 1 amide bonds. The number of carbonyl (C=O) groups excluding carboxylic acids is 1. The van der Waals surface area contributed by atoms with Crippen molar-refractivity contribution in [2.45, 2.75) is 41.4 Å². The molecule has 0 aromatic heterocycles. The number of rotatable bonds is 8. The summed E-state index contributed by atoms with van der Waals surface area (Å²) in [5.74, 6) is -0.183. The van der Waals surface area contributed by atoms with E-state index in [0.717, 1.165) is 16.9 Å². The lowest BCUT2D eigenvalue weighted by Gasteiger charge is -2.34. The minimum absolute atomic E-state index is 0.0973.